The van der Waals surface area contributed by atoms with Gasteiger partial charge in [-0.1, -0.05) is 263 Å². The molecule has 10 heteroatoms. The van der Waals surface area contributed by atoms with Crippen LogP contribution in [0.3, 0.4) is 0 Å². The number of likely N-dealkylation sites (N-methyl/N-ethyl adjacent to an activating group) is 1. The topological polar surface area (TPSA) is 111 Å². The number of allylic oxidation sites excluding steroid dienone is 4. The smallest absolute Gasteiger partial charge is 0.306 e. The van der Waals surface area contributed by atoms with Crippen molar-refractivity contribution in [3.8, 4) is 0 Å². The molecule has 0 heterocycles. The number of nitrogens with zero attached hydrogens (tertiary/aromatic N) is 1. The maximum atomic E-state index is 12.8. The Kier molecular flexibility index (Phi) is 51.2. The molecule has 0 radical (unpaired) electrons. The number of hydrogen-bond acceptors (Lipinski definition) is 8. The molecule has 0 aromatic carbocycles. The van der Waals surface area contributed by atoms with Crippen LogP contribution in [0, 0.1) is 0 Å². The van der Waals surface area contributed by atoms with Crippen LogP contribution in [0.25, 0.3) is 0 Å². The lowest BCUT2D eigenvalue weighted by Gasteiger charge is -2.28. The van der Waals surface area contributed by atoms with E-state index in [-0.39, 0.29) is 32.0 Å². The van der Waals surface area contributed by atoms with E-state index in [1.54, 1.807) is 0 Å². The highest BCUT2D eigenvalue weighted by atomic mass is 31.2. The number of ether oxygens (including phenoxy) is 2. The van der Waals surface area contributed by atoms with E-state index in [1.807, 2.05) is 21.1 Å². The zero-order chi connectivity index (χ0) is 51.3. The Morgan fingerprint density at radius 2 is 0.771 bits per heavy atom. The summed E-state index contributed by atoms with van der Waals surface area (Å²) in [5.41, 5.74) is 0. The number of hydrogen-bond donors (Lipinski definition) is 0. The lowest BCUT2D eigenvalue weighted by molar-refractivity contribution is -0.870. The minimum Gasteiger partial charge on any atom is -0.756 e. The van der Waals surface area contributed by atoms with Gasteiger partial charge < -0.3 is 27.9 Å². The molecule has 414 valence electrons. The van der Waals surface area contributed by atoms with E-state index in [2.05, 4.69) is 38.2 Å². The predicted molar refractivity (Wildman–Crippen MR) is 296 cm³/mol. The fourth-order valence-corrected chi connectivity index (χ4v) is 9.54. The summed E-state index contributed by atoms with van der Waals surface area (Å²) in [6, 6.07) is 0. The summed E-state index contributed by atoms with van der Waals surface area (Å²) in [7, 11) is 1.18. The highest BCUT2D eigenvalue weighted by Gasteiger charge is 2.22. The van der Waals surface area contributed by atoms with Gasteiger partial charge in [0.1, 0.15) is 19.8 Å². The van der Waals surface area contributed by atoms with Crippen molar-refractivity contribution in [2.75, 3.05) is 47.5 Å². The quantitative estimate of drug-likeness (QED) is 0.0195. The lowest BCUT2D eigenvalue weighted by atomic mass is 10.0. The SMILES string of the molecule is CCCCCCC/C=C\C/C=C\CCCCCCCCCCCC(=O)OC(COC(=O)CCCCCCCCCCCCCCCCCCCCCCCCCCC)COP(=O)([O-])OCC[N+](C)(C)C. The third-order valence-corrected chi connectivity index (χ3v) is 14.4. The largest absolute Gasteiger partial charge is 0.756 e. The molecule has 0 N–H and O–H groups in total. The van der Waals surface area contributed by atoms with Crippen LogP contribution >= 0.6 is 7.82 Å². The number of phosphoric acid groups is 1. The first-order valence-corrected chi connectivity index (χ1v) is 31.5. The van der Waals surface area contributed by atoms with E-state index >= 15 is 0 Å². The molecular formula is C60H116NO8P. The van der Waals surface area contributed by atoms with Crippen molar-refractivity contribution < 1.29 is 42.1 Å². The molecule has 9 nitrogen and oxygen atoms in total. The zero-order valence-electron chi connectivity index (χ0n) is 47.0. The van der Waals surface area contributed by atoms with Crippen molar-refractivity contribution in [3.05, 3.63) is 24.3 Å². The third-order valence-electron chi connectivity index (χ3n) is 13.5. The minimum absolute atomic E-state index is 0.0292. The Morgan fingerprint density at radius 1 is 0.443 bits per heavy atom. The Hall–Kier alpha value is -1.51. The summed E-state index contributed by atoms with van der Waals surface area (Å²) in [6.07, 6.45) is 62.3. The van der Waals surface area contributed by atoms with Crippen LogP contribution in [0.1, 0.15) is 296 Å². The van der Waals surface area contributed by atoms with Crippen LogP contribution < -0.4 is 4.89 Å². The molecule has 2 atom stereocenters. The number of quaternary nitrogens is 1. The first-order chi connectivity index (χ1) is 34.0. The van der Waals surface area contributed by atoms with Gasteiger partial charge in [-0.05, 0) is 44.9 Å². The number of unbranched alkanes of at least 4 members (excludes halogenated alkanes) is 38. The summed E-state index contributed by atoms with van der Waals surface area (Å²) in [5.74, 6) is -0.821. The fraction of sp³-hybridized carbons (Fsp3) is 0.900. The van der Waals surface area contributed by atoms with E-state index in [4.69, 9.17) is 18.5 Å². The van der Waals surface area contributed by atoms with E-state index in [9.17, 15) is 19.0 Å². The van der Waals surface area contributed by atoms with Gasteiger partial charge >= 0.3 is 11.9 Å². The highest BCUT2D eigenvalue weighted by Crippen LogP contribution is 2.38. The summed E-state index contributed by atoms with van der Waals surface area (Å²) in [5, 5.41) is 0. The van der Waals surface area contributed by atoms with Gasteiger partial charge in [-0.15, -0.1) is 0 Å². The molecule has 0 spiro atoms. The molecule has 0 aromatic heterocycles. The normalized spacial score (nSPS) is 13.4. The molecule has 0 rings (SSSR count). The van der Waals surface area contributed by atoms with Gasteiger partial charge in [-0.25, -0.2) is 0 Å². The van der Waals surface area contributed by atoms with E-state index in [0.717, 1.165) is 51.4 Å². The first-order valence-electron chi connectivity index (χ1n) is 30.0. The van der Waals surface area contributed by atoms with Gasteiger partial charge in [0.25, 0.3) is 7.82 Å². The van der Waals surface area contributed by atoms with Gasteiger partial charge in [0.05, 0.1) is 27.7 Å². The monoisotopic (exact) mass is 1010 g/mol. The minimum atomic E-state index is -4.63. The average Bonchev–Trinajstić information content (AvgIpc) is 3.32. The van der Waals surface area contributed by atoms with Crippen molar-refractivity contribution >= 4 is 19.8 Å². The Labute approximate surface area is 434 Å². The number of carbonyl (C=O) groups excluding carboxylic acids is 2. The zero-order valence-corrected chi connectivity index (χ0v) is 47.9. The molecule has 0 saturated heterocycles. The maximum absolute atomic E-state index is 12.8. The van der Waals surface area contributed by atoms with Crippen molar-refractivity contribution in [1.82, 2.24) is 0 Å². The average molecular weight is 1010 g/mol. The van der Waals surface area contributed by atoms with Crippen LogP contribution in [0.15, 0.2) is 24.3 Å². The number of phosphoric ester groups is 1. The molecule has 0 aromatic rings. The van der Waals surface area contributed by atoms with Crippen LogP contribution in [-0.4, -0.2) is 70.0 Å². The molecule has 0 aliphatic carbocycles. The van der Waals surface area contributed by atoms with Crippen LogP contribution in [0.4, 0.5) is 0 Å². The summed E-state index contributed by atoms with van der Waals surface area (Å²) in [6.45, 7) is 4.28. The summed E-state index contributed by atoms with van der Waals surface area (Å²) >= 11 is 0. The van der Waals surface area contributed by atoms with Crippen molar-refractivity contribution in [2.45, 2.75) is 302 Å². The fourth-order valence-electron chi connectivity index (χ4n) is 8.81. The summed E-state index contributed by atoms with van der Waals surface area (Å²) in [4.78, 5) is 37.9. The molecule has 0 fully saturated rings. The van der Waals surface area contributed by atoms with Gasteiger partial charge in [-0.3, -0.25) is 14.2 Å². The van der Waals surface area contributed by atoms with E-state index in [0.29, 0.717) is 17.4 Å². The molecule has 0 saturated carbocycles. The van der Waals surface area contributed by atoms with Gasteiger partial charge in [0, 0.05) is 12.8 Å². The highest BCUT2D eigenvalue weighted by molar-refractivity contribution is 7.45. The molecule has 70 heavy (non-hydrogen) atoms. The molecular weight excluding hydrogens is 894 g/mol. The van der Waals surface area contributed by atoms with Crippen LogP contribution in [-0.2, 0) is 32.7 Å². The van der Waals surface area contributed by atoms with Gasteiger partial charge in [0.2, 0.25) is 0 Å². The summed E-state index contributed by atoms with van der Waals surface area (Å²) < 4.78 is 34.2. The molecule has 0 aliphatic heterocycles. The third kappa shape index (κ3) is 55.8. The van der Waals surface area contributed by atoms with Gasteiger partial charge in [0.15, 0.2) is 6.10 Å². The van der Waals surface area contributed by atoms with E-state index < -0.39 is 26.5 Å². The first kappa shape index (κ1) is 68.5. The molecule has 0 amide bonds. The molecule has 0 aliphatic rings. The molecule has 2 unspecified atom stereocenters. The Morgan fingerprint density at radius 3 is 1.13 bits per heavy atom. The van der Waals surface area contributed by atoms with Crippen LogP contribution in [0.5, 0.6) is 0 Å². The van der Waals surface area contributed by atoms with Gasteiger partial charge in [-0.2, -0.15) is 0 Å². The Bertz CT molecular complexity index is 1240. The number of esters is 2. The second-order valence-corrected chi connectivity index (χ2v) is 23.1. The van der Waals surface area contributed by atoms with E-state index in [1.165, 1.54) is 212 Å². The number of rotatable bonds is 56. The maximum Gasteiger partial charge on any atom is 0.306 e. The second kappa shape index (κ2) is 52.4. The Balaban J connectivity index is 4.11. The predicted octanol–water partition coefficient (Wildman–Crippen LogP) is 18.0. The second-order valence-electron chi connectivity index (χ2n) is 21.7. The number of carbonyl (C=O) groups is 2. The van der Waals surface area contributed by atoms with Crippen molar-refractivity contribution in [2.24, 2.45) is 0 Å². The lowest BCUT2D eigenvalue weighted by Crippen LogP contribution is -2.37. The molecule has 0 bridgehead atoms. The van der Waals surface area contributed by atoms with Crippen LogP contribution in [0.2, 0.25) is 0 Å². The standard InChI is InChI=1S/C60H116NO8P/c1-6-8-10-12-14-16-18-20-22-24-26-28-29-30-31-33-34-36-38-40-42-44-46-48-50-52-59(62)66-56-58(57-68-70(64,65)67-55-54-61(3,4)5)69-60(63)53-51-49-47-45-43-41-39-37-35-32-27-25-23-21-19-17-15-13-11-9-7-2/h19,21,25,27,58H,6-18,20,22-24,26,28-57H2,1-5H3/b21-19-,27-25-. The van der Waals surface area contributed by atoms with Crippen molar-refractivity contribution in [1.29, 1.82) is 0 Å². The van der Waals surface area contributed by atoms with Crippen molar-refractivity contribution in [3.63, 3.8) is 0 Å².